The van der Waals surface area contributed by atoms with Crippen LogP contribution in [-0.4, -0.2) is 31.4 Å². The van der Waals surface area contributed by atoms with Crippen molar-refractivity contribution in [3.8, 4) is 11.5 Å². The van der Waals surface area contributed by atoms with Gasteiger partial charge in [-0.25, -0.2) is 0 Å². The Morgan fingerprint density at radius 1 is 1.21 bits per heavy atom. The molecule has 2 aromatic rings. The average Bonchev–Trinajstić information content (AvgIpc) is 2.59. The van der Waals surface area contributed by atoms with E-state index in [2.05, 4.69) is 0 Å². The number of alkyl halides is 3. The summed E-state index contributed by atoms with van der Waals surface area (Å²) in [5.41, 5.74) is -5.35. The fourth-order valence-corrected chi connectivity index (χ4v) is 3.49. The number of ether oxygens (including phenoxy) is 1. The second-order valence-corrected chi connectivity index (χ2v) is 8.20. The molecule has 0 fully saturated rings. The number of carbonyl (C=O) groups excluding carboxylic acids is 1. The normalized spacial score (nSPS) is 17.0. The Kier molecular flexibility index (Phi) is 5.20. The van der Waals surface area contributed by atoms with Gasteiger partial charge in [0, 0.05) is 10.7 Å². The number of ketones is 1. The molecular weight excluding hydrogens is 423 g/mol. The molecule has 1 unspecified atom stereocenters. The number of benzene rings is 2. The van der Waals surface area contributed by atoms with Crippen molar-refractivity contribution < 1.29 is 36.2 Å². The molecule has 1 atom stereocenters. The minimum atomic E-state index is -5.58. The van der Waals surface area contributed by atoms with Gasteiger partial charge in [-0.3, -0.25) is 9.52 Å². The molecule has 0 spiro atoms. The summed E-state index contributed by atoms with van der Waals surface area (Å²) in [4.78, 5) is 12.6. The first kappa shape index (κ1) is 20.3. The van der Waals surface area contributed by atoms with Crippen molar-refractivity contribution in [3.63, 3.8) is 0 Å². The van der Waals surface area contributed by atoms with Crippen molar-refractivity contribution >= 4 is 33.1 Å². The minimum absolute atomic E-state index is 0.00540. The molecule has 0 amide bonds. The third-order valence-electron chi connectivity index (χ3n) is 4.11. The summed E-state index contributed by atoms with van der Waals surface area (Å²) in [7, 11) is -5.58. The van der Waals surface area contributed by atoms with E-state index in [1.807, 2.05) is 0 Å². The Labute approximate surface area is 162 Å². The van der Waals surface area contributed by atoms with Crippen LogP contribution in [-0.2, 0) is 16.4 Å². The quantitative estimate of drug-likeness (QED) is 0.763. The lowest BCUT2D eigenvalue weighted by Gasteiger charge is -2.24. The lowest BCUT2D eigenvalue weighted by atomic mass is 9.89. The molecule has 1 aliphatic rings. The molecule has 1 aliphatic heterocycles. The average molecular weight is 436 g/mol. The summed E-state index contributed by atoms with van der Waals surface area (Å²) in [6, 6.07) is 7.55. The third-order valence-corrected chi connectivity index (χ3v) is 5.59. The summed E-state index contributed by atoms with van der Waals surface area (Å²) >= 11 is 6.06. The molecule has 0 saturated heterocycles. The van der Waals surface area contributed by atoms with E-state index in [0.29, 0.717) is 5.75 Å². The maximum absolute atomic E-state index is 12.6. The number of hydrogen-bond acceptors (Lipinski definition) is 5. The zero-order valence-corrected chi connectivity index (χ0v) is 15.5. The highest BCUT2D eigenvalue weighted by molar-refractivity contribution is 7.93. The van der Waals surface area contributed by atoms with Gasteiger partial charge in [-0.15, -0.1) is 0 Å². The zero-order valence-electron chi connectivity index (χ0n) is 14.0. The molecule has 0 aliphatic carbocycles. The Balaban J connectivity index is 1.84. The molecule has 0 radical (unpaired) electrons. The second kappa shape index (κ2) is 7.17. The molecule has 1 heterocycles. The van der Waals surface area contributed by atoms with Gasteiger partial charge in [-0.05, 0) is 48.4 Å². The highest BCUT2D eigenvalue weighted by Gasteiger charge is 2.46. The lowest BCUT2D eigenvalue weighted by Crippen LogP contribution is -2.30. The van der Waals surface area contributed by atoms with Crippen molar-refractivity contribution in [1.29, 1.82) is 0 Å². The van der Waals surface area contributed by atoms with Gasteiger partial charge in [0.2, 0.25) is 0 Å². The largest absolute Gasteiger partial charge is 0.516 e. The minimum Gasteiger partial charge on any atom is -0.508 e. The number of hydrogen-bond donors (Lipinski definition) is 2. The Hall–Kier alpha value is -2.46. The maximum Gasteiger partial charge on any atom is 0.516 e. The number of phenolic OH excluding ortho intramolecular Hbond substituents is 1. The number of phenols is 1. The van der Waals surface area contributed by atoms with E-state index >= 15 is 0 Å². The van der Waals surface area contributed by atoms with Gasteiger partial charge in [-0.1, -0.05) is 11.6 Å². The predicted octanol–water partition coefficient (Wildman–Crippen LogP) is 3.74. The summed E-state index contributed by atoms with van der Waals surface area (Å²) in [5, 5.41) is 9.71. The van der Waals surface area contributed by atoms with Crippen LogP contribution in [0.15, 0.2) is 36.4 Å². The fourth-order valence-electron chi connectivity index (χ4n) is 2.75. The van der Waals surface area contributed by atoms with E-state index in [0.717, 1.165) is 12.1 Å². The van der Waals surface area contributed by atoms with Gasteiger partial charge in [0.1, 0.15) is 11.5 Å². The molecule has 0 bridgehead atoms. The van der Waals surface area contributed by atoms with Crippen LogP contribution in [0.4, 0.5) is 18.9 Å². The predicted molar refractivity (Wildman–Crippen MR) is 95.2 cm³/mol. The molecule has 2 aromatic carbocycles. The van der Waals surface area contributed by atoms with E-state index in [1.165, 1.54) is 29.0 Å². The van der Waals surface area contributed by atoms with Crippen LogP contribution in [0, 0.1) is 5.92 Å². The first-order valence-electron chi connectivity index (χ1n) is 7.85. The van der Waals surface area contributed by atoms with Crippen LogP contribution in [0.25, 0.3) is 0 Å². The molecule has 6 nitrogen and oxygen atoms in total. The lowest BCUT2D eigenvalue weighted by molar-refractivity contribution is -0.0429. The zero-order chi connectivity index (χ0) is 20.7. The molecule has 2 N–H and O–H groups in total. The summed E-state index contributed by atoms with van der Waals surface area (Å²) in [6.07, 6.45) is 0.00828. The summed E-state index contributed by atoms with van der Waals surface area (Å²) < 4.78 is 67.1. The van der Waals surface area contributed by atoms with E-state index in [1.54, 1.807) is 0 Å². The van der Waals surface area contributed by atoms with Crippen molar-refractivity contribution in [1.82, 2.24) is 0 Å². The highest BCUT2D eigenvalue weighted by Crippen LogP contribution is 2.33. The first-order chi connectivity index (χ1) is 13.0. The SMILES string of the molecule is O=C1c2cc(O)ccc2OCC1Cc1cc(NS(=O)(=O)C(F)(F)F)ccc1Cl. The van der Waals surface area contributed by atoms with E-state index < -0.39 is 21.4 Å². The van der Waals surface area contributed by atoms with Gasteiger partial charge < -0.3 is 9.84 Å². The monoisotopic (exact) mass is 435 g/mol. The Bertz CT molecular complexity index is 1040. The Morgan fingerprint density at radius 2 is 1.93 bits per heavy atom. The highest BCUT2D eigenvalue weighted by atomic mass is 35.5. The number of anilines is 1. The summed E-state index contributed by atoms with van der Waals surface area (Å²) in [6.45, 7) is 0.00540. The topological polar surface area (TPSA) is 92.7 Å². The fraction of sp³-hybridized carbons (Fsp3) is 0.235. The van der Waals surface area contributed by atoms with Crippen LogP contribution in [0.3, 0.4) is 0 Å². The number of halogens is 4. The van der Waals surface area contributed by atoms with Crippen molar-refractivity contribution in [2.75, 3.05) is 11.3 Å². The molecule has 0 saturated carbocycles. The van der Waals surface area contributed by atoms with Crippen molar-refractivity contribution in [2.45, 2.75) is 11.9 Å². The second-order valence-electron chi connectivity index (χ2n) is 6.11. The number of Topliss-reactive ketones (excluding diaryl/α,β-unsaturated/α-hetero) is 1. The maximum atomic E-state index is 12.6. The summed E-state index contributed by atoms with van der Waals surface area (Å²) in [5.74, 6) is -0.828. The molecule has 0 aromatic heterocycles. The van der Waals surface area contributed by atoms with Gasteiger partial charge in [0.15, 0.2) is 5.78 Å². The van der Waals surface area contributed by atoms with Gasteiger partial charge >= 0.3 is 15.5 Å². The van der Waals surface area contributed by atoms with Crippen LogP contribution in [0.2, 0.25) is 5.02 Å². The van der Waals surface area contributed by atoms with Crippen LogP contribution >= 0.6 is 11.6 Å². The third kappa shape index (κ3) is 4.02. The number of nitrogens with one attached hydrogen (secondary N) is 1. The number of carbonyl (C=O) groups is 1. The molecule has 3 rings (SSSR count). The van der Waals surface area contributed by atoms with Gasteiger partial charge in [0.05, 0.1) is 18.1 Å². The standard InChI is InChI=1S/C17H13ClF3NO5S/c18-14-3-1-11(22-28(25,26)17(19,20)21)6-9(14)5-10-8-27-15-4-2-12(23)7-13(15)16(10)24/h1-4,6-7,10,22-23H,5,8H2. The number of sulfonamides is 1. The van der Waals surface area contributed by atoms with Crippen LogP contribution in [0.5, 0.6) is 11.5 Å². The smallest absolute Gasteiger partial charge is 0.508 e. The molecule has 11 heteroatoms. The van der Waals surface area contributed by atoms with Crippen molar-refractivity contribution in [2.24, 2.45) is 5.92 Å². The van der Waals surface area contributed by atoms with Crippen molar-refractivity contribution in [3.05, 3.63) is 52.5 Å². The van der Waals surface area contributed by atoms with Gasteiger partial charge in [-0.2, -0.15) is 21.6 Å². The molecule has 150 valence electrons. The molecule has 28 heavy (non-hydrogen) atoms. The Morgan fingerprint density at radius 3 is 2.61 bits per heavy atom. The number of fused-ring (bicyclic) bond motifs is 1. The number of aromatic hydroxyl groups is 1. The van der Waals surface area contributed by atoms with E-state index in [9.17, 15) is 31.5 Å². The van der Waals surface area contributed by atoms with Crippen LogP contribution < -0.4 is 9.46 Å². The first-order valence-corrected chi connectivity index (χ1v) is 9.71. The molecular formula is C17H13ClF3NO5S. The van der Waals surface area contributed by atoms with Crippen LogP contribution in [0.1, 0.15) is 15.9 Å². The van der Waals surface area contributed by atoms with E-state index in [4.69, 9.17) is 16.3 Å². The van der Waals surface area contributed by atoms with Gasteiger partial charge in [0.25, 0.3) is 0 Å². The number of rotatable bonds is 4. The van der Waals surface area contributed by atoms with E-state index in [-0.39, 0.29) is 46.4 Å².